The number of aryl methyl sites for hydroxylation is 2. The smallest absolute Gasteiger partial charge is 0.191 e. The number of aliphatic imine (C=N–C) groups is 1. The number of nitrogens with zero attached hydrogens (tertiary/aromatic N) is 4. The van der Waals surface area contributed by atoms with Gasteiger partial charge in [-0.25, -0.2) is 4.99 Å². The van der Waals surface area contributed by atoms with E-state index in [-0.39, 0.29) is 24.0 Å². The molecule has 1 aliphatic heterocycles. The summed E-state index contributed by atoms with van der Waals surface area (Å²) in [6, 6.07) is 2.15. The molecule has 0 saturated carbocycles. The summed E-state index contributed by atoms with van der Waals surface area (Å²) in [4.78, 5) is 6.04. The van der Waals surface area contributed by atoms with Gasteiger partial charge in [0, 0.05) is 24.4 Å². The van der Waals surface area contributed by atoms with E-state index in [4.69, 9.17) is 4.99 Å². The lowest BCUT2D eigenvalue weighted by Crippen LogP contribution is -2.36. The van der Waals surface area contributed by atoms with E-state index < -0.39 is 0 Å². The molecule has 0 aromatic carbocycles. The van der Waals surface area contributed by atoms with Crippen LogP contribution in [0.3, 0.4) is 0 Å². The van der Waals surface area contributed by atoms with E-state index in [9.17, 15) is 0 Å². The van der Waals surface area contributed by atoms with Crippen LogP contribution in [0.15, 0.2) is 16.4 Å². The van der Waals surface area contributed by atoms with Crippen LogP contribution < -0.4 is 10.6 Å². The van der Waals surface area contributed by atoms with Crippen molar-refractivity contribution in [2.75, 3.05) is 6.54 Å². The fourth-order valence-electron chi connectivity index (χ4n) is 2.90. The fourth-order valence-corrected chi connectivity index (χ4v) is 3.75. The molecule has 0 saturated heterocycles. The van der Waals surface area contributed by atoms with Crippen molar-refractivity contribution >= 4 is 41.3 Å². The normalized spacial score (nSPS) is 14.4. The van der Waals surface area contributed by atoms with Gasteiger partial charge in [0.1, 0.15) is 12.4 Å². The first kappa shape index (κ1) is 20.2. The molecule has 2 N–H and O–H groups in total. The Balaban J connectivity index is 0.00000225. The van der Waals surface area contributed by atoms with Gasteiger partial charge in [-0.1, -0.05) is 6.42 Å². The molecule has 138 valence electrons. The Bertz CT molecular complexity index is 693. The average molecular weight is 474 g/mol. The van der Waals surface area contributed by atoms with Crippen molar-refractivity contribution in [3.05, 3.63) is 33.5 Å². The Labute approximate surface area is 170 Å². The lowest BCUT2D eigenvalue weighted by molar-refractivity contribution is 0.605. The van der Waals surface area contributed by atoms with Crippen molar-refractivity contribution in [2.24, 2.45) is 4.99 Å². The molecule has 2 aromatic heterocycles. The minimum Gasteiger partial charge on any atom is -0.357 e. The topological polar surface area (TPSA) is 67.1 Å². The molecule has 0 amide bonds. The third kappa shape index (κ3) is 5.40. The number of nitrogens with one attached hydrogen (secondary N) is 2. The van der Waals surface area contributed by atoms with Gasteiger partial charge in [-0.05, 0) is 43.7 Å². The third-order valence-corrected chi connectivity index (χ3v) is 5.32. The second kappa shape index (κ2) is 10.1. The molecule has 0 spiro atoms. The number of rotatable bonds is 5. The lowest BCUT2D eigenvalue weighted by Gasteiger charge is -2.11. The first-order valence-electron chi connectivity index (χ1n) is 8.74. The average Bonchev–Trinajstić information content (AvgIpc) is 3.08. The zero-order chi connectivity index (χ0) is 16.8. The Kier molecular flexibility index (Phi) is 8.14. The molecular formula is C17H27IN6S. The molecule has 0 aliphatic carbocycles. The summed E-state index contributed by atoms with van der Waals surface area (Å²) < 4.78 is 2.25. The number of aromatic nitrogens is 3. The number of guanidine groups is 1. The molecule has 3 rings (SSSR count). The van der Waals surface area contributed by atoms with Crippen molar-refractivity contribution in [3.8, 4) is 0 Å². The van der Waals surface area contributed by atoms with Gasteiger partial charge in [-0.15, -0.1) is 45.5 Å². The predicted octanol–water partition coefficient (Wildman–Crippen LogP) is 3.25. The van der Waals surface area contributed by atoms with Crippen LogP contribution in [-0.4, -0.2) is 27.3 Å². The number of fused-ring (bicyclic) bond motifs is 1. The van der Waals surface area contributed by atoms with Crippen LogP contribution in [0.2, 0.25) is 0 Å². The second-order valence-corrected chi connectivity index (χ2v) is 7.07. The Morgan fingerprint density at radius 1 is 1.28 bits per heavy atom. The maximum absolute atomic E-state index is 4.70. The van der Waals surface area contributed by atoms with Crippen LogP contribution in [0, 0.1) is 6.92 Å². The summed E-state index contributed by atoms with van der Waals surface area (Å²) in [6.45, 7) is 7.44. The maximum Gasteiger partial charge on any atom is 0.191 e. The van der Waals surface area contributed by atoms with E-state index in [0.717, 1.165) is 43.7 Å². The molecular weight excluding hydrogens is 447 g/mol. The SMILES string of the molecule is CCNC(=NCc1nnc2n1CCCCC2)NCc1sccc1C.I. The van der Waals surface area contributed by atoms with Gasteiger partial charge >= 0.3 is 0 Å². The predicted molar refractivity (Wildman–Crippen MR) is 114 cm³/mol. The quantitative estimate of drug-likeness (QED) is 0.397. The van der Waals surface area contributed by atoms with E-state index >= 15 is 0 Å². The zero-order valence-corrected chi connectivity index (χ0v) is 18.1. The number of thiophene rings is 1. The van der Waals surface area contributed by atoms with Crippen LogP contribution >= 0.6 is 35.3 Å². The van der Waals surface area contributed by atoms with Crippen molar-refractivity contribution in [1.29, 1.82) is 0 Å². The Morgan fingerprint density at radius 2 is 2.16 bits per heavy atom. The zero-order valence-electron chi connectivity index (χ0n) is 14.9. The molecule has 0 atom stereocenters. The number of hydrogen-bond acceptors (Lipinski definition) is 4. The fraction of sp³-hybridized carbons (Fsp3) is 0.588. The van der Waals surface area contributed by atoms with Crippen LogP contribution in [0.1, 0.15) is 48.3 Å². The first-order valence-corrected chi connectivity index (χ1v) is 9.62. The molecule has 2 aromatic rings. The van der Waals surface area contributed by atoms with Crippen molar-refractivity contribution < 1.29 is 0 Å². The molecule has 1 aliphatic rings. The summed E-state index contributed by atoms with van der Waals surface area (Å²) in [5, 5.41) is 17.5. The number of hydrogen-bond donors (Lipinski definition) is 2. The van der Waals surface area contributed by atoms with E-state index in [0.29, 0.717) is 6.54 Å². The summed E-state index contributed by atoms with van der Waals surface area (Å²) in [5.74, 6) is 2.91. The Hall–Kier alpha value is -1.16. The largest absolute Gasteiger partial charge is 0.357 e. The maximum atomic E-state index is 4.70. The van der Waals surface area contributed by atoms with E-state index in [1.54, 1.807) is 11.3 Å². The summed E-state index contributed by atoms with van der Waals surface area (Å²) in [6.07, 6.45) is 4.73. The van der Waals surface area contributed by atoms with Gasteiger partial charge in [0.05, 0.1) is 6.54 Å². The van der Waals surface area contributed by atoms with Gasteiger partial charge in [0.15, 0.2) is 11.8 Å². The van der Waals surface area contributed by atoms with Crippen LogP contribution in [0.5, 0.6) is 0 Å². The Morgan fingerprint density at radius 3 is 2.92 bits per heavy atom. The first-order chi connectivity index (χ1) is 11.8. The highest BCUT2D eigenvalue weighted by atomic mass is 127. The van der Waals surface area contributed by atoms with Gasteiger partial charge in [-0.2, -0.15) is 0 Å². The molecule has 3 heterocycles. The molecule has 0 unspecified atom stereocenters. The minimum atomic E-state index is 0. The van der Waals surface area contributed by atoms with Crippen LogP contribution in [-0.2, 0) is 26.1 Å². The van der Waals surface area contributed by atoms with Crippen molar-refractivity contribution in [1.82, 2.24) is 25.4 Å². The molecule has 0 fully saturated rings. The highest BCUT2D eigenvalue weighted by Crippen LogP contribution is 2.16. The van der Waals surface area contributed by atoms with Crippen LogP contribution in [0.25, 0.3) is 0 Å². The van der Waals surface area contributed by atoms with Gasteiger partial charge in [-0.3, -0.25) is 0 Å². The summed E-state index contributed by atoms with van der Waals surface area (Å²) >= 11 is 1.77. The van der Waals surface area contributed by atoms with E-state index in [1.807, 2.05) is 0 Å². The molecule has 8 heteroatoms. The third-order valence-electron chi connectivity index (χ3n) is 4.29. The number of halogens is 1. The molecule has 6 nitrogen and oxygen atoms in total. The van der Waals surface area contributed by atoms with Gasteiger partial charge in [0.2, 0.25) is 0 Å². The summed E-state index contributed by atoms with van der Waals surface area (Å²) in [7, 11) is 0. The standard InChI is InChI=1S/C17H26N6S.HI/c1-3-18-17(19-11-14-13(2)8-10-24-14)20-12-16-22-21-15-7-5-4-6-9-23(15)16;/h8,10H,3-7,9,11-12H2,1-2H3,(H2,18,19,20);1H. The van der Waals surface area contributed by atoms with Gasteiger partial charge in [0.25, 0.3) is 0 Å². The van der Waals surface area contributed by atoms with E-state index in [1.165, 1.54) is 29.7 Å². The highest BCUT2D eigenvalue weighted by molar-refractivity contribution is 14.0. The molecule has 0 bridgehead atoms. The second-order valence-electron chi connectivity index (χ2n) is 6.07. The van der Waals surface area contributed by atoms with Crippen molar-refractivity contribution in [2.45, 2.75) is 59.2 Å². The monoisotopic (exact) mass is 474 g/mol. The molecule has 25 heavy (non-hydrogen) atoms. The molecule has 0 radical (unpaired) electrons. The minimum absolute atomic E-state index is 0. The van der Waals surface area contributed by atoms with Crippen molar-refractivity contribution in [3.63, 3.8) is 0 Å². The van der Waals surface area contributed by atoms with E-state index in [2.05, 4.69) is 50.7 Å². The highest BCUT2D eigenvalue weighted by Gasteiger charge is 2.14. The van der Waals surface area contributed by atoms with Crippen LogP contribution in [0.4, 0.5) is 0 Å². The van der Waals surface area contributed by atoms with Gasteiger partial charge < -0.3 is 15.2 Å². The summed E-state index contributed by atoms with van der Waals surface area (Å²) in [5.41, 5.74) is 1.33. The lowest BCUT2D eigenvalue weighted by atomic mass is 10.2.